The Morgan fingerprint density at radius 2 is 1.79 bits per heavy atom. The zero-order valence-corrected chi connectivity index (χ0v) is 12.0. The number of aliphatic carboxylic acids is 1. The van der Waals surface area contributed by atoms with Crippen molar-refractivity contribution in [2.45, 2.75) is 38.6 Å². The molecule has 0 amide bonds. The third kappa shape index (κ3) is 3.57. The van der Waals surface area contributed by atoms with E-state index in [1.54, 1.807) is 0 Å². The second-order valence-electron chi connectivity index (χ2n) is 5.95. The average Bonchev–Trinajstić information content (AvgIpc) is 3.13. The van der Waals surface area contributed by atoms with Crippen LogP contribution in [-0.2, 0) is 4.79 Å². The molecule has 3 heteroatoms. The number of carboxylic acids is 1. The molecule has 2 rings (SSSR count). The molecule has 1 aliphatic carbocycles. The maximum Gasteiger partial charge on any atom is 0.325 e. The molecule has 1 aromatic carbocycles. The highest BCUT2D eigenvalue weighted by molar-refractivity contribution is 5.75. The fraction of sp³-hybridized carbons (Fsp3) is 0.562. The van der Waals surface area contributed by atoms with Crippen LogP contribution < -0.4 is 0 Å². The van der Waals surface area contributed by atoms with Crippen LogP contribution in [-0.4, -0.2) is 29.6 Å². The van der Waals surface area contributed by atoms with Gasteiger partial charge >= 0.3 is 5.97 Å². The molecule has 0 radical (unpaired) electrons. The Balaban J connectivity index is 2.15. The summed E-state index contributed by atoms with van der Waals surface area (Å²) in [6.45, 7) is 5.16. The molecule has 0 aliphatic heterocycles. The molecular weight excluding hydrogens is 238 g/mol. The van der Waals surface area contributed by atoms with Gasteiger partial charge in [0.05, 0.1) is 0 Å². The van der Waals surface area contributed by atoms with Gasteiger partial charge in [0.1, 0.15) is 6.04 Å². The van der Waals surface area contributed by atoms with Gasteiger partial charge in [0.25, 0.3) is 0 Å². The molecule has 3 nitrogen and oxygen atoms in total. The van der Waals surface area contributed by atoms with E-state index in [-0.39, 0.29) is 0 Å². The minimum Gasteiger partial charge on any atom is -0.480 e. The summed E-state index contributed by atoms with van der Waals surface area (Å²) in [7, 11) is 1.91. The highest BCUT2D eigenvalue weighted by Gasteiger charge is 2.30. The first-order valence-electron chi connectivity index (χ1n) is 7.02. The maximum absolute atomic E-state index is 11.5. The number of hydrogen-bond acceptors (Lipinski definition) is 2. The Morgan fingerprint density at radius 3 is 2.21 bits per heavy atom. The van der Waals surface area contributed by atoms with Crippen LogP contribution in [0.5, 0.6) is 0 Å². The molecule has 1 atom stereocenters. The Hall–Kier alpha value is -1.35. The summed E-state index contributed by atoms with van der Waals surface area (Å²) in [4.78, 5) is 13.5. The zero-order chi connectivity index (χ0) is 14.0. The monoisotopic (exact) mass is 261 g/mol. The van der Waals surface area contributed by atoms with Crippen molar-refractivity contribution in [3.8, 4) is 0 Å². The predicted molar refractivity (Wildman–Crippen MR) is 76.3 cm³/mol. The molecule has 1 aliphatic rings. The number of likely N-dealkylation sites (N-methyl/N-ethyl adjacent to an activating group) is 1. The van der Waals surface area contributed by atoms with Gasteiger partial charge < -0.3 is 5.11 Å². The normalized spacial score (nSPS) is 16.9. The van der Waals surface area contributed by atoms with Gasteiger partial charge in [0.15, 0.2) is 0 Å². The Morgan fingerprint density at radius 1 is 1.26 bits per heavy atom. The van der Waals surface area contributed by atoms with Crippen LogP contribution in [0.1, 0.15) is 49.8 Å². The van der Waals surface area contributed by atoms with E-state index >= 15 is 0 Å². The summed E-state index contributed by atoms with van der Waals surface area (Å²) < 4.78 is 0. The average molecular weight is 261 g/mol. The van der Waals surface area contributed by atoms with Crippen molar-refractivity contribution in [1.82, 2.24) is 4.90 Å². The van der Waals surface area contributed by atoms with Crippen molar-refractivity contribution < 1.29 is 9.90 Å². The van der Waals surface area contributed by atoms with E-state index in [0.29, 0.717) is 11.8 Å². The van der Waals surface area contributed by atoms with E-state index in [9.17, 15) is 9.90 Å². The quantitative estimate of drug-likeness (QED) is 0.854. The minimum absolute atomic E-state index is 0.474. The minimum atomic E-state index is -0.763. The van der Waals surface area contributed by atoms with E-state index in [1.807, 2.05) is 36.2 Å². The van der Waals surface area contributed by atoms with Crippen molar-refractivity contribution in [3.63, 3.8) is 0 Å². The highest BCUT2D eigenvalue weighted by atomic mass is 16.4. The number of rotatable bonds is 6. The number of carboxylic acid groups (broad SMARTS) is 1. The summed E-state index contributed by atoms with van der Waals surface area (Å²) in [6, 6.07) is 7.47. The molecule has 1 aromatic rings. The molecular formula is C16H23NO2. The zero-order valence-electron chi connectivity index (χ0n) is 12.0. The first-order chi connectivity index (χ1) is 8.99. The van der Waals surface area contributed by atoms with Gasteiger partial charge in [-0.3, -0.25) is 9.69 Å². The van der Waals surface area contributed by atoms with Crippen LogP contribution in [0.2, 0.25) is 0 Å². The van der Waals surface area contributed by atoms with E-state index in [4.69, 9.17) is 0 Å². The first kappa shape index (κ1) is 14.1. The summed E-state index contributed by atoms with van der Waals surface area (Å²) in [6.07, 6.45) is 2.48. The number of carbonyl (C=O) groups is 1. The lowest BCUT2D eigenvalue weighted by atomic mass is 9.98. The fourth-order valence-electron chi connectivity index (χ4n) is 2.46. The Labute approximate surface area is 115 Å². The van der Waals surface area contributed by atoms with Crippen LogP contribution in [0.15, 0.2) is 24.3 Å². The predicted octanol–water partition coefficient (Wildman–Crippen LogP) is 3.28. The molecule has 19 heavy (non-hydrogen) atoms. The van der Waals surface area contributed by atoms with Crippen LogP contribution in [0.25, 0.3) is 0 Å². The molecule has 0 aromatic heterocycles. The van der Waals surface area contributed by atoms with Crippen molar-refractivity contribution in [3.05, 3.63) is 35.4 Å². The second kappa shape index (κ2) is 5.74. The lowest BCUT2D eigenvalue weighted by molar-refractivity contribution is -0.143. The Kier molecular flexibility index (Phi) is 4.25. The van der Waals surface area contributed by atoms with Gasteiger partial charge in [0.2, 0.25) is 0 Å². The maximum atomic E-state index is 11.5. The van der Waals surface area contributed by atoms with Gasteiger partial charge in [-0.25, -0.2) is 0 Å². The summed E-state index contributed by atoms with van der Waals surface area (Å²) >= 11 is 0. The highest BCUT2D eigenvalue weighted by Crippen LogP contribution is 2.32. The molecule has 0 heterocycles. The van der Waals surface area contributed by atoms with Gasteiger partial charge in [-0.1, -0.05) is 38.1 Å². The van der Waals surface area contributed by atoms with E-state index in [1.165, 1.54) is 18.4 Å². The SMILES string of the molecule is CC(C)c1ccc(C(C(=O)O)N(C)CC2CC2)cc1. The van der Waals surface area contributed by atoms with Crippen LogP contribution >= 0.6 is 0 Å². The van der Waals surface area contributed by atoms with E-state index in [0.717, 1.165) is 12.1 Å². The second-order valence-corrected chi connectivity index (χ2v) is 5.95. The van der Waals surface area contributed by atoms with E-state index in [2.05, 4.69) is 13.8 Å². The van der Waals surface area contributed by atoms with Gasteiger partial charge in [-0.15, -0.1) is 0 Å². The standard InChI is InChI=1S/C16H23NO2/c1-11(2)13-6-8-14(9-7-13)15(16(18)19)17(3)10-12-4-5-12/h6-9,11-12,15H,4-5,10H2,1-3H3,(H,18,19). The summed E-state index contributed by atoms with van der Waals surface area (Å²) in [5.41, 5.74) is 2.12. The third-order valence-corrected chi connectivity index (χ3v) is 3.84. The first-order valence-corrected chi connectivity index (χ1v) is 7.02. The van der Waals surface area contributed by atoms with Gasteiger partial charge in [-0.05, 0) is 42.9 Å². The molecule has 1 N–H and O–H groups in total. The Bertz CT molecular complexity index is 435. The summed E-state index contributed by atoms with van der Waals surface area (Å²) in [5, 5.41) is 9.47. The molecule has 104 valence electrons. The fourth-order valence-corrected chi connectivity index (χ4v) is 2.46. The van der Waals surface area contributed by atoms with Gasteiger partial charge in [-0.2, -0.15) is 0 Å². The third-order valence-electron chi connectivity index (χ3n) is 3.84. The van der Waals surface area contributed by atoms with Crippen molar-refractivity contribution in [2.75, 3.05) is 13.6 Å². The molecule has 1 saturated carbocycles. The number of benzene rings is 1. The van der Waals surface area contributed by atoms with Crippen LogP contribution in [0, 0.1) is 5.92 Å². The topological polar surface area (TPSA) is 40.5 Å². The number of nitrogens with zero attached hydrogens (tertiary/aromatic N) is 1. The molecule has 0 spiro atoms. The van der Waals surface area contributed by atoms with Gasteiger partial charge in [0, 0.05) is 6.54 Å². The molecule has 1 fully saturated rings. The number of hydrogen-bond donors (Lipinski definition) is 1. The van der Waals surface area contributed by atoms with Crippen molar-refractivity contribution >= 4 is 5.97 Å². The van der Waals surface area contributed by atoms with Crippen LogP contribution in [0.4, 0.5) is 0 Å². The molecule has 0 bridgehead atoms. The molecule has 1 unspecified atom stereocenters. The van der Waals surface area contributed by atoms with Crippen LogP contribution in [0.3, 0.4) is 0 Å². The summed E-state index contributed by atoms with van der Waals surface area (Å²) in [5.74, 6) is 0.406. The van der Waals surface area contributed by atoms with Crippen molar-refractivity contribution in [1.29, 1.82) is 0 Å². The lowest BCUT2D eigenvalue weighted by Gasteiger charge is -2.25. The lowest BCUT2D eigenvalue weighted by Crippen LogP contribution is -2.32. The van der Waals surface area contributed by atoms with Crippen molar-refractivity contribution in [2.24, 2.45) is 5.92 Å². The van der Waals surface area contributed by atoms with E-state index < -0.39 is 12.0 Å². The molecule has 0 saturated heterocycles. The smallest absolute Gasteiger partial charge is 0.325 e. The largest absolute Gasteiger partial charge is 0.480 e.